The van der Waals surface area contributed by atoms with E-state index in [1.807, 2.05) is 6.07 Å². The van der Waals surface area contributed by atoms with Crippen molar-refractivity contribution in [2.75, 3.05) is 22.1 Å². The molecule has 33 heavy (non-hydrogen) atoms. The highest BCUT2D eigenvalue weighted by Crippen LogP contribution is 2.31. The van der Waals surface area contributed by atoms with Crippen molar-refractivity contribution in [3.05, 3.63) is 53.1 Å². The van der Waals surface area contributed by atoms with Crippen LogP contribution < -0.4 is 15.5 Å². The quantitative estimate of drug-likeness (QED) is 0.480. The summed E-state index contributed by atoms with van der Waals surface area (Å²) in [6.07, 6.45) is 0.280. The van der Waals surface area contributed by atoms with Crippen molar-refractivity contribution in [3.8, 4) is 6.07 Å². The number of benzene rings is 2. The summed E-state index contributed by atoms with van der Waals surface area (Å²) >= 11 is 0. The van der Waals surface area contributed by atoms with E-state index < -0.39 is 29.7 Å². The van der Waals surface area contributed by atoms with Crippen molar-refractivity contribution in [1.82, 2.24) is 0 Å². The number of aliphatic carboxylic acids is 2. The van der Waals surface area contributed by atoms with Gasteiger partial charge in [-0.15, -0.1) is 0 Å². The summed E-state index contributed by atoms with van der Waals surface area (Å²) in [6, 6.07) is 10.4. The summed E-state index contributed by atoms with van der Waals surface area (Å²) in [5.74, 6) is -6.36. The van der Waals surface area contributed by atoms with Gasteiger partial charge in [0, 0.05) is 23.5 Å². The molecule has 0 spiro atoms. The van der Waals surface area contributed by atoms with Crippen LogP contribution in [0.5, 0.6) is 0 Å². The Kier molecular flexibility index (Phi) is 7.84. The minimum Gasteiger partial charge on any atom is -0.474 e. The van der Waals surface area contributed by atoms with Crippen LogP contribution in [0.25, 0.3) is 0 Å². The van der Waals surface area contributed by atoms with E-state index in [0.717, 1.165) is 4.90 Å². The Labute approximate surface area is 188 Å². The molecule has 2 aromatic rings. The number of rotatable bonds is 6. The summed E-state index contributed by atoms with van der Waals surface area (Å²) in [7, 11) is 0. The molecule has 2 aromatic carbocycles. The molecule has 0 aliphatic rings. The molecule has 4 N–H and O–H groups in total. The van der Waals surface area contributed by atoms with Crippen molar-refractivity contribution >= 4 is 46.7 Å². The van der Waals surface area contributed by atoms with E-state index in [4.69, 9.17) is 10.2 Å². The van der Waals surface area contributed by atoms with Crippen LogP contribution in [0.2, 0.25) is 0 Å². The molecular formula is C22H20N4O7. The Bertz CT molecular complexity index is 1180. The van der Waals surface area contributed by atoms with Gasteiger partial charge in [-0.05, 0) is 49.2 Å². The Morgan fingerprint density at radius 3 is 2.24 bits per heavy atom. The average Bonchev–Trinajstić information content (AvgIpc) is 2.79. The first-order chi connectivity index (χ1) is 15.6. The second-order valence-corrected chi connectivity index (χ2v) is 6.60. The van der Waals surface area contributed by atoms with Crippen LogP contribution in [-0.4, -0.2) is 46.4 Å². The SMILES string of the molecule is CCc1c(N(CC)C(=O)C(=O)O)ccc(NC(=O)c2cccc(NC(=O)C(=O)O)c2)c1C#N. The molecule has 0 radical (unpaired) electrons. The third-order valence-corrected chi connectivity index (χ3v) is 4.61. The number of nitrogens with zero attached hydrogens (tertiary/aromatic N) is 2. The number of carbonyl (C=O) groups is 5. The van der Waals surface area contributed by atoms with E-state index in [9.17, 15) is 29.2 Å². The van der Waals surface area contributed by atoms with Crippen LogP contribution in [0.4, 0.5) is 17.1 Å². The van der Waals surface area contributed by atoms with Crippen molar-refractivity contribution in [3.63, 3.8) is 0 Å². The molecule has 0 aliphatic carbocycles. The molecule has 2 rings (SSSR count). The number of nitrogens with one attached hydrogen (secondary N) is 2. The van der Waals surface area contributed by atoms with Crippen LogP contribution in [-0.2, 0) is 25.6 Å². The van der Waals surface area contributed by atoms with Crippen molar-refractivity contribution in [2.24, 2.45) is 0 Å². The van der Waals surface area contributed by atoms with Gasteiger partial charge in [-0.3, -0.25) is 14.4 Å². The van der Waals surface area contributed by atoms with Gasteiger partial charge in [-0.2, -0.15) is 5.26 Å². The second-order valence-electron chi connectivity index (χ2n) is 6.60. The molecule has 0 heterocycles. The Morgan fingerprint density at radius 1 is 1.00 bits per heavy atom. The van der Waals surface area contributed by atoms with Gasteiger partial charge >= 0.3 is 23.8 Å². The molecule has 3 amide bonds. The standard InChI is InChI=1S/C22H20N4O7/c1-3-14-15(11-23)16(8-9-17(14)26(4-2)20(29)22(32)33)25-18(27)12-6-5-7-13(10-12)24-19(28)21(30)31/h5-10H,3-4H2,1-2H3,(H,24,28)(H,25,27)(H,30,31)(H,32,33). The lowest BCUT2D eigenvalue weighted by molar-refractivity contribution is -0.148. The first kappa shape index (κ1) is 24.5. The first-order valence-electron chi connectivity index (χ1n) is 9.70. The van der Waals surface area contributed by atoms with Gasteiger partial charge in [0.25, 0.3) is 5.91 Å². The lowest BCUT2D eigenvalue weighted by atomic mass is 10.00. The zero-order valence-electron chi connectivity index (χ0n) is 17.7. The largest absolute Gasteiger partial charge is 0.474 e. The summed E-state index contributed by atoms with van der Waals surface area (Å²) in [5, 5.41) is 32.2. The number of hydrogen-bond acceptors (Lipinski definition) is 6. The lowest BCUT2D eigenvalue weighted by Crippen LogP contribution is -2.37. The zero-order chi connectivity index (χ0) is 24.7. The first-order valence-corrected chi connectivity index (χ1v) is 9.70. The Balaban J connectivity index is 2.41. The summed E-state index contributed by atoms with van der Waals surface area (Å²) in [6.45, 7) is 3.38. The van der Waals surface area contributed by atoms with E-state index in [-0.39, 0.29) is 41.2 Å². The van der Waals surface area contributed by atoms with Crippen LogP contribution in [0.3, 0.4) is 0 Å². The molecule has 0 saturated heterocycles. The van der Waals surface area contributed by atoms with Crippen LogP contribution in [0.15, 0.2) is 36.4 Å². The fourth-order valence-electron chi connectivity index (χ4n) is 3.14. The molecule has 0 bridgehead atoms. The van der Waals surface area contributed by atoms with Crippen LogP contribution >= 0.6 is 0 Å². The van der Waals surface area contributed by atoms with Gasteiger partial charge in [0.15, 0.2) is 0 Å². The second kappa shape index (κ2) is 10.5. The predicted molar refractivity (Wildman–Crippen MR) is 117 cm³/mol. The number of carbonyl (C=O) groups excluding carboxylic acids is 3. The normalized spacial score (nSPS) is 9.97. The van der Waals surface area contributed by atoms with Crippen LogP contribution in [0.1, 0.15) is 35.3 Å². The van der Waals surface area contributed by atoms with E-state index >= 15 is 0 Å². The molecule has 170 valence electrons. The van der Waals surface area contributed by atoms with E-state index in [2.05, 4.69) is 10.6 Å². The summed E-state index contributed by atoms with van der Waals surface area (Å²) < 4.78 is 0. The van der Waals surface area contributed by atoms with Crippen molar-refractivity contribution in [2.45, 2.75) is 20.3 Å². The molecule has 0 saturated carbocycles. The third kappa shape index (κ3) is 5.50. The maximum Gasteiger partial charge on any atom is 0.394 e. The highest BCUT2D eigenvalue weighted by molar-refractivity contribution is 6.37. The van der Waals surface area contributed by atoms with Gasteiger partial charge in [0.05, 0.1) is 11.3 Å². The molecule has 11 heteroatoms. The molecule has 0 aromatic heterocycles. The lowest BCUT2D eigenvalue weighted by Gasteiger charge is -2.23. The zero-order valence-corrected chi connectivity index (χ0v) is 17.7. The molecule has 0 aliphatic heterocycles. The van der Waals surface area contributed by atoms with Crippen molar-refractivity contribution in [1.29, 1.82) is 5.26 Å². The van der Waals surface area contributed by atoms with E-state index in [0.29, 0.717) is 5.56 Å². The number of hydrogen-bond donors (Lipinski definition) is 4. The van der Waals surface area contributed by atoms with Gasteiger partial charge in [-0.25, -0.2) is 9.59 Å². The third-order valence-electron chi connectivity index (χ3n) is 4.61. The predicted octanol–water partition coefficient (Wildman–Crippen LogP) is 1.83. The van der Waals surface area contributed by atoms with Gasteiger partial charge in [0.2, 0.25) is 0 Å². The minimum absolute atomic E-state index is 0.0591. The van der Waals surface area contributed by atoms with Crippen LogP contribution in [0, 0.1) is 11.3 Å². The molecule has 11 nitrogen and oxygen atoms in total. The molecule has 0 atom stereocenters. The number of amides is 3. The summed E-state index contributed by atoms with van der Waals surface area (Å²) in [4.78, 5) is 59.0. The van der Waals surface area contributed by atoms with Gasteiger partial charge in [0.1, 0.15) is 6.07 Å². The molecule has 0 unspecified atom stereocenters. The molecule has 0 fully saturated rings. The number of carboxylic acids is 2. The van der Waals surface area contributed by atoms with Gasteiger partial charge in [-0.1, -0.05) is 13.0 Å². The fraction of sp³-hybridized carbons (Fsp3) is 0.182. The maximum atomic E-state index is 12.7. The van der Waals surface area contributed by atoms with Gasteiger partial charge < -0.3 is 25.7 Å². The Morgan fingerprint density at radius 2 is 1.70 bits per heavy atom. The smallest absolute Gasteiger partial charge is 0.394 e. The number of likely N-dealkylation sites (N-methyl/N-ethyl adjacent to an activating group) is 1. The monoisotopic (exact) mass is 452 g/mol. The number of nitriles is 1. The Hall–Kier alpha value is -4.72. The van der Waals surface area contributed by atoms with Crippen molar-refractivity contribution < 1.29 is 34.2 Å². The topological polar surface area (TPSA) is 177 Å². The highest BCUT2D eigenvalue weighted by Gasteiger charge is 2.25. The van der Waals surface area contributed by atoms with E-state index in [1.165, 1.54) is 36.4 Å². The number of anilines is 3. The maximum absolute atomic E-state index is 12.7. The van der Waals surface area contributed by atoms with E-state index in [1.54, 1.807) is 13.8 Å². The minimum atomic E-state index is -1.68. The summed E-state index contributed by atoms with van der Waals surface area (Å²) in [5.41, 5.74) is 1.01. The molecular weight excluding hydrogens is 432 g/mol. The number of carboxylic acid groups (broad SMARTS) is 2. The average molecular weight is 452 g/mol. The fourth-order valence-corrected chi connectivity index (χ4v) is 3.14. The highest BCUT2D eigenvalue weighted by atomic mass is 16.4.